The Morgan fingerprint density at radius 2 is 1.97 bits per heavy atom. The molecule has 4 rings (SSSR count). The average Bonchev–Trinajstić information content (AvgIpc) is 3.59. The number of methoxy groups -OCH3 is 1. The number of ether oxygens (including phenoxy) is 2. The fourth-order valence-electron chi connectivity index (χ4n) is 3.06. The molecule has 2 heterocycles. The van der Waals surface area contributed by atoms with Gasteiger partial charge in [-0.25, -0.2) is 9.97 Å². The molecule has 7 heteroatoms. The van der Waals surface area contributed by atoms with Gasteiger partial charge in [0.05, 0.1) is 7.11 Å². The molecule has 0 saturated heterocycles. The van der Waals surface area contributed by atoms with E-state index in [1.165, 1.54) is 0 Å². The first-order valence-corrected chi connectivity index (χ1v) is 10.1. The van der Waals surface area contributed by atoms with Gasteiger partial charge in [0.1, 0.15) is 23.3 Å². The van der Waals surface area contributed by atoms with Gasteiger partial charge in [-0.1, -0.05) is 23.7 Å². The summed E-state index contributed by atoms with van der Waals surface area (Å²) in [6, 6.07) is 13.1. The minimum absolute atomic E-state index is 0.0218. The predicted molar refractivity (Wildman–Crippen MR) is 116 cm³/mol. The van der Waals surface area contributed by atoms with Crippen molar-refractivity contribution in [1.82, 2.24) is 9.97 Å². The summed E-state index contributed by atoms with van der Waals surface area (Å²) in [4.78, 5) is 20.7. The fourth-order valence-corrected chi connectivity index (χ4v) is 3.26. The Bertz CT molecular complexity index is 1070. The van der Waals surface area contributed by atoms with Crippen LogP contribution in [0, 0.1) is 12.8 Å². The molecule has 3 aromatic rings. The Morgan fingerprint density at radius 1 is 1.20 bits per heavy atom. The third kappa shape index (κ3) is 4.89. The van der Waals surface area contributed by atoms with Gasteiger partial charge < -0.3 is 14.8 Å². The Hall–Kier alpha value is -3.12. The number of anilines is 1. The van der Waals surface area contributed by atoms with Crippen molar-refractivity contribution in [2.45, 2.75) is 26.4 Å². The molecule has 1 aliphatic carbocycles. The second-order valence-electron chi connectivity index (χ2n) is 7.30. The summed E-state index contributed by atoms with van der Waals surface area (Å²) >= 11 is 6.25. The molecule has 30 heavy (non-hydrogen) atoms. The van der Waals surface area contributed by atoms with Crippen LogP contribution in [0.1, 0.15) is 24.0 Å². The number of nitrogens with one attached hydrogen (secondary N) is 1. The zero-order chi connectivity index (χ0) is 21.1. The van der Waals surface area contributed by atoms with Crippen molar-refractivity contribution in [2.24, 2.45) is 5.92 Å². The Balaban J connectivity index is 1.53. The van der Waals surface area contributed by atoms with E-state index in [0.717, 1.165) is 40.8 Å². The summed E-state index contributed by atoms with van der Waals surface area (Å²) in [5.41, 5.74) is 3.71. The number of pyridine rings is 2. The van der Waals surface area contributed by atoms with Crippen LogP contribution in [0.4, 0.5) is 5.82 Å². The molecule has 1 saturated carbocycles. The molecule has 1 amide bonds. The molecule has 0 unspecified atom stereocenters. The van der Waals surface area contributed by atoms with Crippen molar-refractivity contribution < 1.29 is 14.3 Å². The number of carbonyl (C=O) groups excluding carboxylic acids is 1. The van der Waals surface area contributed by atoms with E-state index in [0.29, 0.717) is 23.5 Å². The van der Waals surface area contributed by atoms with E-state index >= 15 is 0 Å². The van der Waals surface area contributed by atoms with Crippen molar-refractivity contribution in [3.63, 3.8) is 0 Å². The van der Waals surface area contributed by atoms with E-state index in [2.05, 4.69) is 15.3 Å². The van der Waals surface area contributed by atoms with Crippen molar-refractivity contribution in [3.8, 4) is 22.8 Å². The number of amides is 1. The summed E-state index contributed by atoms with van der Waals surface area (Å²) in [5, 5.41) is 3.22. The van der Waals surface area contributed by atoms with Crippen molar-refractivity contribution in [3.05, 3.63) is 64.9 Å². The summed E-state index contributed by atoms with van der Waals surface area (Å²) in [6.45, 7) is 2.32. The molecule has 1 aromatic carbocycles. The van der Waals surface area contributed by atoms with Crippen LogP contribution in [-0.2, 0) is 11.4 Å². The normalized spacial score (nSPS) is 13.0. The zero-order valence-corrected chi connectivity index (χ0v) is 17.6. The van der Waals surface area contributed by atoms with Crippen molar-refractivity contribution in [1.29, 1.82) is 0 Å². The lowest BCUT2D eigenvalue weighted by Gasteiger charge is -2.12. The van der Waals surface area contributed by atoms with Crippen LogP contribution in [0.2, 0.25) is 5.15 Å². The average molecular weight is 424 g/mol. The van der Waals surface area contributed by atoms with E-state index in [-0.39, 0.29) is 11.8 Å². The standard InChI is InChI=1S/C23H22ClN3O3/c1-14-12-25-21(27-23(28)16-5-6-16)11-19(14)17-9-20(24)26-22(10-17)30-13-15-3-7-18(29-2)8-4-15/h3-4,7-12,16H,5-6,13H2,1-2H3,(H,25,27,28). The maximum absolute atomic E-state index is 12.1. The minimum Gasteiger partial charge on any atom is -0.497 e. The largest absolute Gasteiger partial charge is 0.497 e. The van der Waals surface area contributed by atoms with Gasteiger partial charge in [-0.3, -0.25) is 4.79 Å². The smallest absolute Gasteiger partial charge is 0.228 e. The Labute approximate surface area is 180 Å². The maximum Gasteiger partial charge on any atom is 0.228 e. The van der Waals surface area contributed by atoms with E-state index in [9.17, 15) is 4.79 Å². The van der Waals surface area contributed by atoms with Crippen LogP contribution in [0.3, 0.4) is 0 Å². The quantitative estimate of drug-likeness (QED) is 0.539. The van der Waals surface area contributed by atoms with Gasteiger partial charge in [0.15, 0.2) is 0 Å². The monoisotopic (exact) mass is 423 g/mol. The molecule has 0 atom stereocenters. The first kappa shape index (κ1) is 20.2. The molecule has 1 fully saturated rings. The van der Waals surface area contributed by atoms with Crippen LogP contribution >= 0.6 is 11.6 Å². The highest BCUT2D eigenvalue weighted by Gasteiger charge is 2.29. The van der Waals surface area contributed by atoms with Crippen molar-refractivity contribution in [2.75, 3.05) is 12.4 Å². The highest BCUT2D eigenvalue weighted by Crippen LogP contribution is 2.32. The topological polar surface area (TPSA) is 73.3 Å². The third-order valence-corrected chi connectivity index (χ3v) is 5.12. The second kappa shape index (κ2) is 8.71. The zero-order valence-electron chi connectivity index (χ0n) is 16.8. The highest BCUT2D eigenvalue weighted by molar-refractivity contribution is 6.29. The third-order valence-electron chi connectivity index (χ3n) is 4.93. The number of aryl methyl sites for hydroxylation is 1. The summed E-state index contributed by atoms with van der Waals surface area (Å²) in [5.74, 6) is 1.88. The van der Waals surface area contributed by atoms with Gasteiger partial charge in [-0.15, -0.1) is 0 Å². The maximum atomic E-state index is 12.1. The second-order valence-corrected chi connectivity index (χ2v) is 7.69. The van der Waals surface area contributed by atoms with E-state index in [1.807, 2.05) is 43.3 Å². The van der Waals surface area contributed by atoms with Crippen LogP contribution in [0.15, 0.2) is 48.7 Å². The lowest BCUT2D eigenvalue weighted by molar-refractivity contribution is -0.117. The molecule has 6 nitrogen and oxygen atoms in total. The number of hydrogen-bond donors (Lipinski definition) is 1. The SMILES string of the molecule is COc1ccc(COc2cc(-c3cc(NC(=O)C4CC4)ncc3C)cc(Cl)n2)cc1. The van der Waals surface area contributed by atoms with E-state index in [1.54, 1.807) is 19.4 Å². The lowest BCUT2D eigenvalue weighted by atomic mass is 10.0. The summed E-state index contributed by atoms with van der Waals surface area (Å²) in [6.07, 6.45) is 3.63. The number of halogens is 1. The molecule has 154 valence electrons. The van der Waals surface area contributed by atoms with Gasteiger partial charge in [0.2, 0.25) is 11.8 Å². The van der Waals surface area contributed by atoms with Gasteiger partial charge in [-0.05, 0) is 66.3 Å². The Morgan fingerprint density at radius 3 is 2.67 bits per heavy atom. The van der Waals surface area contributed by atoms with Gasteiger partial charge in [-0.2, -0.15) is 0 Å². The number of nitrogens with zero attached hydrogens (tertiary/aromatic N) is 2. The Kier molecular flexibility index (Phi) is 5.86. The number of benzene rings is 1. The predicted octanol–water partition coefficient (Wildman–Crippen LogP) is 5.04. The van der Waals surface area contributed by atoms with Crippen molar-refractivity contribution >= 4 is 23.3 Å². The van der Waals surface area contributed by atoms with Crippen LogP contribution in [0.25, 0.3) is 11.1 Å². The molecule has 1 aliphatic rings. The molecule has 1 N–H and O–H groups in total. The molecular formula is C23H22ClN3O3. The summed E-state index contributed by atoms with van der Waals surface area (Å²) in [7, 11) is 1.63. The molecule has 0 radical (unpaired) electrons. The van der Waals surface area contributed by atoms with Gasteiger partial charge >= 0.3 is 0 Å². The number of carbonyl (C=O) groups is 1. The molecule has 2 aromatic heterocycles. The molecule has 0 bridgehead atoms. The minimum atomic E-state index is 0.0218. The number of rotatable bonds is 7. The first-order chi connectivity index (χ1) is 14.5. The fraction of sp³-hybridized carbons (Fsp3) is 0.261. The molecule has 0 spiro atoms. The highest BCUT2D eigenvalue weighted by atomic mass is 35.5. The number of aromatic nitrogens is 2. The van der Waals surface area contributed by atoms with Gasteiger partial charge in [0, 0.05) is 18.2 Å². The van der Waals surface area contributed by atoms with E-state index < -0.39 is 0 Å². The summed E-state index contributed by atoms with van der Waals surface area (Å²) < 4.78 is 11.0. The molecule has 0 aliphatic heterocycles. The van der Waals surface area contributed by atoms with Crippen LogP contribution in [-0.4, -0.2) is 23.0 Å². The van der Waals surface area contributed by atoms with Crippen LogP contribution < -0.4 is 14.8 Å². The lowest BCUT2D eigenvalue weighted by Crippen LogP contribution is -2.14. The first-order valence-electron chi connectivity index (χ1n) is 9.73. The van der Waals surface area contributed by atoms with E-state index in [4.69, 9.17) is 21.1 Å². The number of hydrogen-bond acceptors (Lipinski definition) is 5. The molecular weight excluding hydrogens is 402 g/mol. The van der Waals surface area contributed by atoms with Crippen LogP contribution in [0.5, 0.6) is 11.6 Å². The van der Waals surface area contributed by atoms with Gasteiger partial charge in [0.25, 0.3) is 0 Å².